The first-order chi connectivity index (χ1) is 8.99. The van der Waals surface area contributed by atoms with Crippen LogP contribution in [0.4, 0.5) is 19.3 Å². The van der Waals surface area contributed by atoms with Crippen molar-refractivity contribution in [1.82, 2.24) is 4.90 Å². The van der Waals surface area contributed by atoms with E-state index in [9.17, 15) is 18.4 Å². The number of likely N-dealkylation sites (tertiary alicyclic amines) is 1. The van der Waals surface area contributed by atoms with E-state index in [-0.39, 0.29) is 12.2 Å². The zero-order valence-corrected chi connectivity index (χ0v) is 9.90. The summed E-state index contributed by atoms with van der Waals surface area (Å²) in [4.78, 5) is 23.9. The van der Waals surface area contributed by atoms with Crippen LogP contribution in [-0.2, 0) is 4.79 Å². The predicted octanol–water partition coefficient (Wildman–Crippen LogP) is 2.05. The van der Waals surface area contributed by atoms with E-state index < -0.39 is 29.7 Å². The molecule has 0 aromatic heterocycles. The van der Waals surface area contributed by atoms with Gasteiger partial charge >= 0.3 is 12.0 Å². The summed E-state index contributed by atoms with van der Waals surface area (Å²) in [5.41, 5.74) is -0.305. The molecule has 1 aliphatic heterocycles. The second kappa shape index (κ2) is 5.21. The van der Waals surface area contributed by atoms with Crippen LogP contribution in [0.5, 0.6) is 0 Å². The third-order valence-corrected chi connectivity index (χ3v) is 2.97. The van der Waals surface area contributed by atoms with Crippen LogP contribution in [0.2, 0.25) is 0 Å². The topological polar surface area (TPSA) is 69.6 Å². The summed E-state index contributed by atoms with van der Waals surface area (Å²) in [5, 5.41) is 11.1. The Morgan fingerprint density at radius 2 is 2.11 bits per heavy atom. The van der Waals surface area contributed by atoms with Crippen LogP contribution < -0.4 is 5.32 Å². The molecule has 0 bridgehead atoms. The molecule has 1 aliphatic rings. The second-order valence-corrected chi connectivity index (χ2v) is 4.24. The fourth-order valence-corrected chi connectivity index (χ4v) is 2.05. The Morgan fingerprint density at radius 1 is 1.37 bits per heavy atom. The first-order valence-corrected chi connectivity index (χ1v) is 5.74. The normalized spacial score (nSPS) is 18.4. The van der Waals surface area contributed by atoms with Crippen molar-refractivity contribution in [1.29, 1.82) is 0 Å². The first-order valence-electron chi connectivity index (χ1n) is 5.74. The number of benzene rings is 1. The maximum Gasteiger partial charge on any atom is 0.326 e. The molecule has 0 aliphatic carbocycles. The number of anilines is 1. The van der Waals surface area contributed by atoms with Gasteiger partial charge < -0.3 is 15.3 Å². The number of carboxylic acids is 1. The molecular formula is C12H12F2N2O3. The Morgan fingerprint density at radius 3 is 2.79 bits per heavy atom. The van der Waals surface area contributed by atoms with E-state index in [0.717, 1.165) is 23.1 Å². The van der Waals surface area contributed by atoms with E-state index >= 15 is 0 Å². The minimum atomic E-state index is -1.10. The summed E-state index contributed by atoms with van der Waals surface area (Å²) >= 11 is 0. The number of rotatable bonds is 2. The number of halogens is 2. The highest BCUT2D eigenvalue weighted by Gasteiger charge is 2.34. The smallest absolute Gasteiger partial charge is 0.326 e. The molecular weight excluding hydrogens is 258 g/mol. The Hall–Kier alpha value is -2.18. The number of amides is 2. The van der Waals surface area contributed by atoms with Crippen LogP contribution in [0.3, 0.4) is 0 Å². The summed E-state index contributed by atoms with van der Waals surface area (Å²) in [6.45, 7) is 0.278. The second-order valence-electron chi connectivity index (χ2n) is 4.24. The molecule has 0 spiro atoms. The number of nitrogens with zero attached hydrogens (tertiary/aromatic N) is 1. The third-order valence-electron chi connectivity index (χ3n) is 2.97. The van der Waals surface area contributed by atoms with E-state index in [1.54, 1.807) is 0 Å². The lowest BCUT2D eigenvalue weighted by atomic mass is 10.2. The number of hydrogen-bond acceptors (Lipinski definition) is 2. The maximum atomic E-state index is 13.4. The largest absolute Gasteiger partial charge is 0.480 e. The molecule has 19 heavy (non-hydrogen) atoms. The molecule has 1 atom stereocenters. The van der Waals surface area contributed by atoms with E-state index in [4.69, 9.17) is 5.11 Å². The molecule has 102 valence electrons. The zero-order valence-electron chi connectivity index (χ0n) is 9.90. The molecule has 7 heteroatoms. The van der Waals surface area contributed by atoms with Crippen molar-refractivity contribution in [2.75, 3.05) is 11.9 Å². The SMILES string of the molecule is O=C(O)C1CCCN1C(=O)Nc1cc(F)ccc1F. The molecule has 2 amide bonds. The van der Waals surface area contributed by atoms with Gasteiger partial charge in [0.2, 0.25) is 0 Å². The number of nitrogens with one attached hydrogen (secondary N) is 1. The van der Waals surface area contributed by atoms with Crippen molar-refractivity contribution in [2.45, 2.75) is 18.9 Å². The zero-order chi connectivity index (χ0) is 14.0. The van der Waals surface area contributed by atoms with Crippen molar-refractivity contribution < 1.29 is 23.5 Å². The van der Waals surface area contributed by atoms with Gasteiger partial charge in [-0.25, -0.2) is 18.4 Å². The average Bonchev–Trinajstić information content (AvgIpc) is 2.83. The van der Waals surface area contributed by atoms with E-state index in [2.05, 4.69) is 5.32 Å². The molecule has 1 aromatic carbocycles. The van der Waals surface area contributed by atoms with E-state index in [1.165, 1.54) is 0 Å². The van der Waals surface area contributed by atoms with Crippen molar-refractivity contribution in [3.05, 3.63) is 29.8 Å². The molecule has 1 unspecified atom stereocenters. The standard InChI is InChI=1S/C12H12F2N2O3/c13-7-3-4-8(14)9(6-7)15-12(19)16-5-1-2-10(16)11(17)18/h3-4,6,10H,1-2,5H2,(H,15,19)(H,17,18). The van der Waals surface area contributed by atoms with Crippen molar-refractivity contribution in [3.8, 4) is 0 Å². The lowest BCUT2D eigenvalue weighted by molar-refractivity contribution is -0.141. The molecule has 1 saturated heterocycles. The van der Waals surface area contributed by atoms with Gasteiger partial charge in [0.05, 0.1) is 5.69 Å². The third kappa shape index (κ3) is 2.81. The van der Waals surface area contributed by atoms with Crippen LogP contribution in [0.15, 0.2) is 18.2 Å². The average molecular weight is 270 g/mol. The maximum absolute atomic E-state index is 13.4. The molecule has 1 heterocycles. The van der Waals surface area contributed by atoms with Gasteiger partial charge in [-0.3, -0.25) is 0 Å². The highest BCUT2D eigenvalue weighted by atomic mass is 19.1. The summed E-state index contributed by atoms with van der Waals surface area (Å²) in [6.07, 6.45) is 0.921. The van der Waals surface area contributed by atoms with Gasteiger partial charge in [0.1, 0.15) is 17.7 Å². The van der Waals surface area contributed by atoms with E-state index in [0.29, 0.717) is 12.8 Å². The monoisotopic (exact) mass is 270 g/mol. The molecule has 1 aromatic rings. The number of hydrogen-bond donors (Lipinski definition) is 2. The predicted molar refractivity (Wildman–Crippen MR) is 62.7 cm³/mol. The Bertz CT molecular complexity index is 522. The van der Waals surface area contributed by atoms with Gasteiger partial charge in [-0.15, -0.1) is 0 Å². The quantitative estimate of drug-likeness (QED) is 0.864. The van der Waals surface area contributed by atoms with Crippen LogP contribution in [-0.4, -0.2) is 34.6 Å². The molecule has 5 nitrogen and oxygen atoms in total. The molecule has 2 N–H and O–H groups in total. The Kier molecular flexibility index (Phi) is 3.64. The summed E-state index contributed by atoms with van der Waals surface area (Å²) in [7, 11) is 0. The summed E-state index contributed by atoms with van der Waals surface area (Å²) < 4.78 is 26.3. The number of urea groups is 1. The lowest BCUT2D eigenvalue weighted by Gasteiger charge is -2.21. The number of aliphatic carboxylic acids is 1. The van der Waals surface area contributed by atoms with Crippen molar-refractivity contribution in [2.24, 2.45) is 0 Å². The van der Waals surface area contributed by atoms with E-state index in [1.807, 2.05) is 0 Å². The highest BCUT2D eigenvalue weighted by molar-refractivity contribution is 5.92. The minimum absolute atomic E-state index is 0.278. The van der Waals surface area contributed by atoms with Gasteiger partial charge in [-0.1, -0.05) is 0 Å². The van der Waals surface area contributed by atoms with Crippen LogP contribution in [0.25, 0.3) is 0 Å². The number of carbonyl (C=O) groups excluding carboxylic acids is 1. The van der Waals surface area contributed by atoms with Crippen LogP contribution in [0.1, 0.15) is 12.8 Å². The Balaban J connectivity index is 2.12. The highest BCUT2D eigenvalue weighted by Crippen LogP contribution is 2.21. The van der Waals surface area contributed by atoms with Crippen molar-refractivity contribution >= 4 is 17.7 Å². The molecule has 0 radical (unpaired) electrons. The fraction of sp³-hybridized carbons (Fsp3) is 0.333. The number of carbonyl (C=O) groups is 2. The molecule has 2 rings (SSSR count). The van der Waals surface area contributed by atoms with Gasteiger partial charge in [-0.05, 0) is 25.0 Å². The Labute approximate surface area is 107 Å². The van der Waals surface area contributed by atoms with Gasteiger partial charge in [0, 0.05) is 12.6 Å². The van der Waals surface area contributed by atoms with Gasteiger partial charge in [-0.2, -0.15) is 0 Å². The van der Waals surface area contributed by atoms with Gasteiger partial charge in [0.25, 0.3) is 0 Å². The lowest BCUT2D eigenvalue weighted by Crippen LogP contribution is -2.42. The molecule has 0 saturated carbocycles. The fourth-order valence-electron chi connectivity index (χ4n) is 2.05. The summed E-state index contributed by atoms with van der Waals surface area (Å²) in [5.74, 6) is -2.57. The van der Waals surface area contributed by atoms with Crippen molar-refractivity contribution in [3.63, 3.8) is 0 Å². The van der Waals surface area contributed by atoms with Gasteiger partial charge in [0.15, 0.2) is 0 Å². The number of carboxylic acid groups (broad SMARTS) is 1. The summed E-state index contributed by atoms with van der Waals surface area (Å²) in [6, 6.07) is 1.01. The first kappa shape index (κ1) is 13.3. The van der Waals surface area contributed by atoms with Crippen LogP contribution >= 0.6 is 0 Å². The molecule has 1 fully saturated rings. The minimum Gasteiger partial charge on any atom is -0.480 e. The van der Waals surface area contributed by atoms with Crippen LogP contribution in [0, 0.1) is 11.6 Å².